The quantitative estimate of drug-likeness (QED) is 0.536. The van der Waals surface area contributed by atoms with Crippen molar-refractivity contribution in [2.75, 3.05) is 32.4 Å². The van der Waals surface area contributed by atoms with Crippen molar-refractivity contribution in [3.63, 3.8) is 0 Å². The van der Waals surface area contributed by atoms with Crippen molar-refractivity contribution in [1.29, 1.82) is 0 Å². The van der Waals surface area contributed by atoms with Gasteiger partial charge < -0.3 is 5.32 Å². The molecule has 26 heavy (non-hydrogen) atoms. The van der Waals surface area contributed by atoms with Crippen LogP contribution >= 0.6 is 11.8 Å². The van der Waals surface area contributed by atoms with Crippen LogP contribution in [-0.4, -0.2) is 64.2 Å². The number of likely N-dealkylation sites (N-methyl/N-ethyl adjacent to an activating group) is 1. The van der Waals surface area contributed by atoms with Gasteiger partial charge in [-0.15, -0.1) is 0 Å². The molecule has 0 radical (unpaired) electrons. The first-order valence-electron chi connectivity index (χ1n) is 7.98. The highest BCUT2D eigenvalue weighted by atomic mass is 32.2. The molecule has 0 unspecified atom stereocenters. The molecule has 1 atom stereocenters. The Hall–Kier alpha value is -2.46. The van der Waals surface area contributed by atoms with Crippen LogP contribution in [0.1, 0.15) is 18.5 Å². The number of amides is 3. The summed E-state index contributed by atoms with van der Waals surface area (Å²) in [5.74, 6) is -0.349. The van der Waals surface area contributed by atoms with Crippen LogP contribution in [0.4, 0.5) is 10.5 Å². The maximum absolute atomic E-state index is 12.0. The second kappa shape index (κ2) is 8.77. The average Bonchev–Trinajstić information content (AvgIpc) is 2.93. The summed E-state index contributed by atoms with van der Waals surface area (Å²) in [6, 6.07) is 6.09. The molecule has 1 fully saturated rings. The zero-order valence-corrected chi connectivity index (χ0v) is 15.3. The third kappa shape index (κ3) is 5.02. The number of benzene rings is 1. The lowest BCUT2D eigenvalue weighted by molar-refractivity contribution is -0.384. The Morgan fingerprint density at radius 1 is 1.46 bits per heavy atom. The maximum Gasteiger partial charge on any atom is 0.288 e. The summed E-state index contributed by atoms with van der Waals surface area (Å²) in [5.41, 5.74) is 0.741. The highest BCUT2D eigenvalue weighted by Crippen LogP contribution is 2.22. The fourth-order valence-electron chi connectivity index (χ4n) is 2.48. The number of nitro groups is 1. The van der Waals surface area contributed by atoms with E-state index < -0.39 is 4.92 Å². The predicted octanol–water partition coefficient (Wildman–Crippen LogP) is 1.40. The van der Waals surface area contributed by atoms with Crippen molar-refractivity contribution in [2.45, 2.75) is 13.0 Å². The molecule has 1 heterocycles. The van der Waals surface area contributed by atoms with E-state index in [9.17, 15) is 24.5 Å². The van der Waals surface area contributed by atoms with Gasteiger partial charge in [-0.1, -0.05) is 23.9 Å². The minimum absolute atomic E-state index is 0.00465. The van der Waals surface area contributed by atoms with Gasteiger partial charge in [-0.2, -0.15) is 0 Å². The number of carbonyl (C=O) groups is 3. The van der Waals surface area contributed by atoms with Gasteiger partial charge in [0, 0.05) is 31.3 Å². The molecule has 1 aromatic carbocycles. The molecular weight excluding hydrogens is 360 g/mol. The van der Waals surface area contributed by atoms with Crippen LogP contribution in [0.2, 0.25) is 0 Å². The normalized spacial score (nSPS) is 15.4. The number of nitrogens with zero attached hydrogens (tertiary/aromatic N) is 3. The van der Waals surface area contributed by atoms with Crippen molar-refractivity contribution in [3.8, 4) is 0 Å². The van der Waals surface area contributed by atoms with Gasteiger partial charge in [-0.05, 0) is 19.5 Å². The van der Waals surface area contributed by atoms with Crippen LogP contribution < -0.4 is 5.32 Å². The van der Waals surface area contributed by atoms with Crippen LogP contribution in [0.15, 0.2) is 24.3 Å². The number of nitro benzene ring substituents is 1. The average molecular weight is 380 g/mol. The molecule has 1 aliphatic heterocycles. The molecule has 9 nitrogen and oxygen atoms in total. The Bertz CT molecular complexity index is 710. The molecule has 0 saturated carbocycles. The van der Waals surface area contributed by atoms with Gasteiger partial charge in [-0.25, -0.2) is 0 Å². The number of imide groups is 1. The van der Waals surface area contributed by atoms with Gasteiger partial charge in [0.25, 0.3) is 10.9 Å². The highest BCUT2D eigenvalue weighted by Gasteiger charge is 2.29. The zero-order chi connectivity index (χ0) is 19.3. The van der Waals surface area contributed by atoms with E-state index in [-0.39, 0.29) is 54.2 Å². The Morgan fingerprint density at radius 2 is 2.19 bits per heavy atom. The van der Waals surface area contributed by atoms with Crippen LogP contribution in [0, 0.1) is 10.1 Å². The summed E-state index contributed by atoms with van der Waals surface area (Å²) >= 11 is 0.956. The molecule has 0 bridgehead atoms. The number of hydrogen-bond acceptors (Lipinski definition) is 7. The largest absolute Gasteiger partial charge is 0.353 e. The highest BCUT2D eigenvalue weighted by molar-refractivity contribution is 8.14. The van der Waals surface area contributed by atoms with Crippen molar-refractivity contribution >= 4 is 34.5 Å². The van der Waals surface area contributed by atoms with Crippen molar-refractivity contribution in [1.82, 2.24) is 15.1 Å². The number of nitrogens with one attached hydrogen (secondary N) is 1. The van der Waals surface area contributed by atoms with Gasteiger partial charge in [0.1, 0.15) is 0 Å². The van der Waals surface area contributed by atoms with Crippen LogP contribution in [-0.2, 0) is 9.59 Å². The fraction of sp³-hybridized carbons (Fsp3) is 0.438. The van der Waals surface area contributed by atoms with E-state index >= 15 is 0 Å². The molecule has 0 aliphatic carbocycles. The topological polar surface area (TPSA) is 113 Å². The van der Waals surface area contributed by atoms with Crippen molar-refractivity contribution in [2.24, 2.45) is 0 Å². The lowest BCUT2D eigenvalue weighted by atomic mass is 10.1. The summed E-state index contributed by atoms with van der Waals surface area (Å²) < 4.78 is 0. The number of carbonyl (C=O) groups excluding carboxylic acids is 3. The molecule has 2 rings (SSSR count). The fourth-order valence-corrected chi connectivity index (χ4v) is 3.23. The Labute approximate surface area is 154 Å². The lowest BCUT2D eigenvalue weighted by Gasteiger charge is -2.24. The minimum Gasteiger partial charge on any atom is -0.353 e. The van der Waals surface area contributed by atoms with Gasteiger partial charge in [0.05, 0.1) is 17.2 Å². The van der Waals surface area contributed by atoms with Crippen LogP contribution in [0.25, 0.3) is 0 Å². The molecule has 1 saturated heterocycles. The number of thioether (sulfide) groups is 1. The summed E-state index contributed by atoms with van der Waals surface area (Å²) in [6.07, 6.45) is 0. The maximum atomic E-state index is 12.0. The van der Waals surface area contributed by atoms with E-state index in [0.717, 1.165) is 22.2 Å². The van der Waals surface area contributed by atoms with Gasteiger partial charge in [0.2, 0.25) is 11.8 Å². The SMILES string of the molecule is C[C@H](c1cccc([N+](=O)[O-])c1)N(C)CC(=O)NCCN1C(=O)CSC1=O. The van der Waals surface area contributed by atoms with Gasteiger partial charge >= 0.3 is 0 Å². The van der Waals surface area contributed by atoms with Crippen molar-refractivity contribution in [3.05, 3.63) is 39.9 Å². The van der Waals surface area contributed by atoms with Crippen molar-refractivity contribution < 1.29 is 19.3 Å². The van der Waals surface area contributed by atoms with Crippen LogP contribution in [0.3, 0.4) is 0 Å². The smallest absolute Gasteiger partial charge is 0.288 e. The number of rotatable bonds is 8. The standard InChI is InChI=1S/C16H20N4O5S/c1-11(12-4-3-5-13(8-12)20(24)25)18(2)9-14(21)17-6-7-19-15(22)10-26-16(19)23/h3-5,8,11H,6-7,9-10H2,1-2H3,(H,17,21)/t11-/m1/s1. The second-order valence-electron chi connectivity index (χ2n) is 5.89. The lowest BCUT2D eigenvalue weighted by Crippen LogP contribution is -2.41. The van der Waals surface area contributed by atoms with Gasteiger partial charge in [-0.3, -0.25) is 34.3 Å². The summed E-state index contributed by atoms with van der Waals surface area (Å²) in [7, 11) is 1.74. The second-order valence-corrected chi connectivity index (χ2v) is 6.82. The summed E-state index contributed by atoms with van der Waals surface area (Å²) in [6.45, 7) is 2.28. The van der Waals surface area contributed by atoms with E-state index in [1.807, 2.05) is 6.92 Å². The summed E-state index contributed by atoms with van der Waals surface area (Å²) in [4.78, 5) is 48.3. The number of non-ortho nitro benzene ring substituents is 1. The third-order valence-corrected chi connectivity index (χ3v) is 4.97. The first-order valence-corrected chi connectivity index (χ1v) is 8.96. The Morgan fingerprint density at radius 3 is 2.81 bits per heavy atom. The predicted molar refractivity (Wildman–Crippen MR) is 96.7 cm³/mol. The van der Waals surface area contributed by atoms with E-state index in [1.165, 1.54) is 12.1 Å². The zero-order valence-electron chi connectivity index (χ0n) is 14.5. The molecule has 0 aromatic heterocycles. The Balaban J connectivity index is 1.82. The molecule has 0 spiro atoms. The molecule has 140 valence electrons. The van der Waals surface area contributed by atoms with Crippen LogP contribution in [0.5, 0.6) is 0 Å². The monoisotopic (exact) mass is 380 g/mol. The summed E-state index contributed by atoms with van der Waals surface area (Å²) in [5, 5.41) is 13.3. The first-order chi connectivity index (χ1) is 12.3. The van der Waals surface area contributed by atoms with E-state index in [4.69, 9.17) is 0 Å². The molecular formula is C16H20N4O5S. The van der Waals surface area contributed by atoms with E-state index in [2.05, 4.69) is 5.32 Å². The number of hydrogen-bond donors (Lipinski definition) is 1. The first kappa shape index (κ1) is 19.9. The van der Waals surface area contributed by atoms with E-state index in [0.29, 0.717) is 0 Å². The minimum atomic E-state index is -0.456. The Kier molecular flexibility index (Phi) is 6.70. The third-order valence-electron chi connectivity index (χ3n) is 4.12. The van der Waals surface area contributed by atoms with E-state index in [1.54, 1.807) is 24.1 Å². The molecule has 1 aliphatic rings. The molecule has 1 aromatic rings. The molecule has 1 N–H and O–H groups in total. The molecule has 3 amide bonds. The molecule has 10 heteroatoms. The van der Waals surface area contributed by atoms with Gasteiger partial charge in [0.15, 0.2) is 0 Å².